The average molecular weight is 438 g/mol. The Labute approximate surface area is 175 Å². The molecule has 0 aliphatic carbocycles. The predicted octanol–water partition coefficient (Wildman–Crippen LogP) is 2.86. The van der Waals surface area contributed by atoms with Crippen molar-refractivity contribution >= 4 is 27.3 Å². The van der Waals surface area contributed by atoms with Crippen LogP contribution in [0.15, 0.2) is 48.5 Å². The van der Waals surface area contributed by atoms with Gasteiger partial charge in [-0.1, -0.05) is 19.1 Å². The highest BCUT2D eigenvalue weighted by molar-refractivity contribution is 7.92. The van der Waals surface area contributed by atoms with Crippen LogP contribution in [0.4, 0.5) is 20.2 Å². The van der Waals surface area contributed by atoms with Crippen LogP contribution in [0.1, 0.15) is 13.3 Å². The summed E-state index contributed by atoms with van der Waals surface area (Å²) in [4.78, 5) is 16.9. The van der Waals surface area contributed by atoms with E-state index < -0.39 is 21.9 Å². The molecule has 1 amide bonds. The molecule has 1 atom stereocenters. The second kappa shape index (κ2) is 8.99. The van der Waals surface area contributed by atoms with Gasteiger partial charge in [-0.15, -0.1) is 0 Å². The van der Waals surface area contributed by atoms with E-state index in [1.807, 2.05) is 4.90 Å². The van der Waals surface area contributed by atoms with Crippen LogP contribution in [0.2, 0.25) is 0 Å². The zero-order valence-corrected chi connectivity index (χ0v) is 17.8. The number of para-hydroxylation sites is 1. The summed E-state index contributed by atoms with van der Waals surface area (Å²) in [6.07, 6.45) is 1.18. The van der Waals surface area contributed by atoms with Gasteiger partial charge < -0.3 is 9.80 Å². The SMILES string of the molecule is CCC(C(=O)N1CCN(c2ccc(F)cc2)CC1)N(c1ccccc1F)S(C)(=O)=O. The highest BCUT2D eigenvalue weighted by Crippen LogP contribution is 2.27. The molecule has 3 rings (SSSR count). The summed E-state index contributed by atoms with van der Waals surface area (Å²) in [7, 11) is -3.89. The van der Waals surface area contributed by atoms with Crippen molar-refractivity contribution < 1.29 is 22.0 Å². The van der Waals surface area contributed by atoms with Gasteiger partial charge in [-0.2, -0.15) is 0 Å². The van der Waals surface area contributed by atoms with Gasteiger partial charge in [-0.05, 0) is 42.8 Å². The number of hydrogen-bond acceptors (Lipinski definition) is 4. The summed E-state index contributed by atoms with van der Waals surface area (Å²) in [5.41, 5.74) is 0.727. The van der Waals surface area contributed by atoms with Gasteiger partial charge in [-0.3, -0.25) is 9.10 Å². The molecule has 0 bridgehead atoms. The molecule has 2 aromatic rings. The Bertz CT molecular complexity index is 991. The molecule has 1 aliphatic heterocycles. The molecular weight excluding hydrogens is 412 g/mol. The molecular formula is C21H25F2N3O3S. The summed E-state index contributed by atoms with van der Waals surface area (Å²) in [5.74, 6) is -1.37. The number of hydrogen-bond donors (Lipinski definition) is 0. The van der Waals surface area contributed by atoms with Crippen molar-refractivity contribution in [3.05, 3.63) is 60.2 Å². The molecule has 2 aromatic carbocycles. The van der Waals surface area contributed by atoms with Gasteiger partial charge >= 0.3 is 0 Å². The lowest BCUT2D eigenvalue weighted by atomic mass is 10.1. The monoisotopic (exact) mass is 437 g/mol. The first-order valence-corrected chi connectivity index (χ1v) is 11.6. The molecule has 6 nitrogen and oxygen atoms in total. The van der Waals surface area contributed by atoms with Gasteiger partial charge in [0.15, 0.2) is 0 Å². The number of rotatable bonds is 6. The third kappa shape index (κ3) is 4.72. The molecule has 1 fully saturated rings. The van der Waals surface area contributed by atoms with E-state index in [0.717, 1.165) is 16.2 Å². The topological polar surface area (TPSA) is 60.9 Å². The lowest BCUT2D eigenvalue weighted by Crippen LogP contribution is -2.56. The fourth-order valence-corrected chi connectivity index (χ4v) is 4.90. The van der Waals surface area contributed by atoms with Crippen molar-refractivity contribution in [1.82, 2.24) is 4.90 Å². The Morgan fingerprint density at radius 1 is 1.03 bits per heavy atom. The fourth-order valence-electron chi connectivity index (χ4n) is 3.70. The predicted molar refractivity (Wildman–Crippen MR) is 113 cm³/mol. The number of carbonyl (C=O) groups excluding carboxylic acids is 1. The second-order valence-corrected chi connectivity index (χ2v) is 9.08. The number of nitrogens with zero attached hydrogens (tertiary/aromatic N) is 3. The van der Waals surface area contributed by atoms with Crippen LogP contribution in [0.5, 0.6) is 0 Å². The minimum Gasteiger partial charge on any atom is -0.368 e. The zero-order chi connectivity index (χ0) is 21.9. The molecule has 1 heterocycles. The normalized spacial score (nSPS) is 15.7. The summed E-state index contributed by atoms with van der Waals surface area (Å²) >= 11 is 0. The van der Waals surface area contributed by atoms with Gasteiger partial charge in [0, 0.05) is 31.9 Å². The molecule has 0 radical (unpaired) electrons. The van der Waals surface area contributed by atoms with Gasteiger partial charge in [0.2, 0.25) is 15.9 Å². The molecule has 0 N–H and O–H groups in total. The van der Waals surface area contributed by atoms with E-state index >= 15 is 0 Å². The third-order valence-electron chi connectivity index (χ3n) is 5.19. The van der Waals surface area contributed by atoms with Crippen molar-refractivity contribution in [3.63, 3.8) is 0 Å². The Morgan fingerprint density at radius 3 is 2.17 bits per heavy atom. The number of sulfonamides is 1. The molecule has 9 heteroatoms. The van der Waals surface area contributed by atoms with E-state index in [1.54, 1.807) is 24.0 Å². The average Bonchev–Trinajstić information content (AvgIpc) is 2.72. The summed E-state index contributed by atoms with van der Waals surface area (Å²) in [6, 6.07) is 10.7. The van der Waals surface area contributed by atoms with E-state index in [4.69, 9.17) is 0 Å². The lowest BCUT2D eigenvalue weighted by molar-refractivity contribution is -0.132. The van der Waals surface area contributed by atoms with Crippen LogP contribution >= 0.6 is 0 Å². The maximum atomic E-state index is 14.4. The van der Waals surface area contributed by atoms with E-state index in [9.17, 15) is 22.0 Å². The fraction of sp³-hybridized carbons (Fsp3) is 0.381. The number of amides is 1. The molecule has 1 saturated heterocycles. The van der Waals surface area contributed by atoms with Crippen molar-refractivity contribution in [2.24, 2.45) is 0 Å². The highest BCUT2D eigenvalue weighted by atomic mass is 32.2. The van der Waals surface area contributed by atoms with Crippen LogP contribution in [-0.4, -0.2) is 57.7 Å². The largest absolute Gasteiger partial charge is 0.368 e. The van der Waals surface area contributed by atoms with Crippen LogP contribution in [0.25, 0.3) is 0 Å². The minimum atomic E-state index is -3.89. The molecule has 30 heavy (non-hydrogen) atoms. The maximum absolute atomic E-state index is 14.4. The Balaban J connectivity index is 1.78. The number of anilines is 2. The zero-order valence-electron chi connectivity index (χ0n) is 17.0. The number of benzene rings is 2. The third-order valence-corrected chi connectivity index (χ3v) is 6.35. The van der Waals surface area contributed by atoms with Crippen molar-refractivity contribution in [1.29, 1.82) is 0 Å². The van der Waals surface area contributed by atoms with Gasteiger partial charge in [0.05, 0.1) is 11.9 Å². The van der Waals surface area contributed by atoms with Crippen LogP contribution in [0, 0.1) is 11.6 Å². The van der Waals surface area contributed by atoms with E-state index in [2.05, 4.69) is 0 Å². The van der Waals surface area contributed by atoms with Crippen LogP contribution in [-0.2, 0) is 14.8 Å². The van der Waals surface area contributed by atoms with Gasteiger partial charge in [0.25, 0.3) is 0 Å². The quantitative estimate of drug-likeness (QED) is 0.697. The lowest BCUT2D eigenvalue weighted by Gasteiger charge is -2.39. The summed E-state index contributed by atoms with van der Waals surface area (Å²) < 4.78 is 53.4. The smallest absolute Gasteiger partial charge is 0.246 e. The number of piperazine rings is 1. The molecule has 0 saturated carbocycles. The Morgan fingerprint density at radius 2 is 1.63 bits per heavy atom. The van der Waals surface area contributed by atoms with Crippen molar-refractivity contribution in [3.8, 4) is 0 Å². The first-order valence-electron chi connectivity index (χ1n) is 9.75. The van der Waals surface area contributed by atoms with Gasteiger partial charge in [-0.25, -0.2) is 17.2 Å². The minimum absolute atomic E-state index is 0.134. The van der Waals surface area contributed by atoms with Crippen molar-refractivity contribution in [2.45, 2.75) is 19.4 Å². The molecule has 1 unspecified atom stereocenters. The first kappa shape index (κ1) is 22.0. The second-order valence-electron chi connectivity index (χ2n) is 7.22. The van der Waals surface area contributed by atoms with Crippen molar-refractivity contribution in [2.75, 3.05) is 41.6 Å². The Hall–Kier alpha value is -2.68. The molecule has 0 spiro atoms. The van der Waals surface area contributed by atoms with Gasteiger partial charge in [0.1, 0.15) is 17.7 Å². The number of halogens is 2. The summed E-state index contributed by atoms with van der Waals surface area (Å²) in [5, 5.41) is 0. The van der Waals surface area contributed by atoms with E-state index in [0.29, 0.717) is 26.2 Å². The maximum Gasteiger partial charge on any atom is 0.246 e. The van der Waals surface area contributed by atoms with Crippen LogP contribution in [0.3, 0.4) is 0 Å². The molecule has 0 aromatic heterocycles. The summed E-state index contributed by atoms with van der Waals surface area (Å²) in [6.45, 7) is 3.55. The van der Waals surface area contributed by atoms with Crippen LogP contribution < -0.4 is 9.21 Å². The van der Waals surface area contributed by atoms with E-state index in [-0.39, 0.29) is 23.8 Å². The standard InChI is InChI=1S/C21H25F2N3O3S/c1-3-19(26(30(2,28)29)20-7-5-4-6-18(20)23)21(27)25-14-12-24(13-15-25)17-10-8-16(22)9-11-17/h4-11,19H,3,12-15H2,1-2H3. The Kier molecular flexibility index (Phi) is 6.60. The van der Waals surface area contributed by atoms with E-state index in [1.165, 1.54) is 36.4 Å². The highest BCUT2D eigenvalue weighted by Gasteiger charge is 2.36. The first-order chi connectivity index (χ1) is 14.2. The number of carbonyl (C=O) groups is 1. The molecule has 162 valence electrons. The molecule has 1 aliphatic rings.